The van der Waals surface area contributed by atoms with E-state index >= 15 is 0 Å². The molecule has 0 aromatic rings. The maximum absolute atomic E-state index is 7.74. The van der Waals surface area contributed by atoms with Gasteiger partial charge < -0.3 is 0 Å². The van der Waals surface area contributed by atoms with Crippen LogP contribution in [0.4, 0.5) is 0 Å². The molecule has 0 atom stereocenters. The van der Waals surface area contributed by atoms with Gasteiger partial charge in [0, 0.05) is 6.26 Å². The SMILES string of the molecule is CSN=C=NC#N. The quantitative estimate of drug-likeness (QED) is 0.288. The molecule has 3 nitrogen and oxygen atoms in total. The van der Waals surface area contributed by atoms with E-state index in [1.54, 1.807) is 6.26 Å². The fourth-order valence-electron chi connectivity index (χ4n) is 0.0836. The van der Waals surface area contributed by atoms with Crippen LogP contribution in [-0.2, 0) is 0 Å². The predicted octanol–water partition coefficient (Wildman–Crippen LogP) is 0.919. The molecule has 0 aliphatic heterocycles. The van der Waals surface area contributed by atoms with Crippen LogP contribution in [0.15, 0.2) is 9.39 Å². The Bertz CT molecular complexity index is 128. The van der Waals surface area contributed by atoms with Crippen LogP contribution in [0.5, 0.6) is 0 Å². The van der Waals surface area contributed by atoms with Crippen molar-refractivity contribution in [2.75, 3.05) is 6.26 Å². The third-order valence-electron chi connectivity index (χ3n) is 0.232. The van der Waals surface area contributed by atoms with Crippen molar-refractivity contribution in [3.05, 3.63) is 0 Å². The number of hydrogen-bond acceptors (Lipinski definition) is 4. The molecule has 0 aliphatic rings. The van der Waals surface area contributed by atoms with Gasteiger partial charge in [0.25, 0.3) is 0 Å². The van der Waals surface area contributed by atoms with Crippen LogP contribution in [0, 0.1) is 11.5 Å². The van der Waals surface area contributed by atoms with Crippen molar-refractivity contribution in [1.82, 2.24) is 0 Å². The molecule has 0 aromatic heterocycles. The summed E-state index contributed by atoms with van der Waals surface area (Å²) in [6.45, 7) is 0. The Morgan fingerprint density at radius 3 is 2.86 bits per heavy atom. The smallest absolute Gasteiger partial charge is 0.170 e. The van der Waals surface area contributed by atoms with E-state index in [1.807, 2.05) is 0 Å². The molecule has 0 unspecified atom stereocenters. The summed E-state index contributed by atoms with van der Waals surface area (Å²) in [5.74, 6) is 0. The van der Waals surface area contributed by atoms with Gasteiger partial charge in [-0.1, -0.05) is 0 Å². The van der Waals surface area contributed by atoms with E-state index in [1.165, 1.54) is 18.1 Å². The van der Waals surface area contributed by atoms with E-state index in [9.17, 15) is 0 Å². The molecule has 0 amide bonds. The molecule has 0 fully saturated rings. The van der Waals surface area contributed by atoms with Crippen LogP contribution < -0.4 is 0 Å². The summed E-state index contributed by atoms with van der Waals surface area (Å²) in [7, 11) is 0. The fraction of sp³-hybridized carbons (Fsp3) is 0.333. The maximum atomic E-state index is 7.74. The highest BCUT2D eigenvalue weighted by atomic mass is 32.2. The summed E-state index contributed by atoms with van der Waals surface area (Å²) < 4.78 is 3.44. The Morgan fingerprint density at radius 2 is 2.43 bits per heavy atom. The van der Waals surface area contributed by atoms with Crippen molar-refractivity contribution in [2.45, 2.75) is 0 Å². The molecule has 0 rings (SSSR count). The van der Waals surface area contributed by atoms with Crippen LogP contribution >= 0.6 is 11.9 Å². The summed E-state index contributed by atoms with van der Waals surface area (Å²) in [4.78, 5) is 3.03. The predicted molar refractivity (Wildman–Crippen MR) is 29.0 cm³/mol. The molecule has 0 aromatic carbocycles. The third kappa shape index (κ3) is 5.22. The minimum absolute atomic E-state index is 1.21. The molecule has 36 valence electrons. The van der Waals surface area contributed by atoms with Gasteiger partial charge in [0.15, 0.2) is 0 Å². The molecule has 0 radical (unpaired) electrons. The molecule has 0 N–H and O–H groups in total. The average Bonchev–Trinajstić information content (AvgIpc) is 1.69. The van der Waals surface area contributed by atoms with Gasteiger partial charge in [-0.25, -0.2) is 0 Å². The van der Waals surface area contributed by atoms with Crippen LogP contribution in [0.3, 0.4) is 0 Å². The zero-order valence-corrected chi connectivity index (χ0v) is 4.57. The second kappa shape index (κ2) is 5.22. The van der Waals surface area contributed by atoms with Gasteiger partial charge in [0.05, 0.1) is 0 Å². The molecule has 0 saturated heterocycles. The maximum Gasteiger partial charge on any atom is 0.216 e. The van der Waals surface area contributed by atoms with Gasteiger partial charge in [0.1, 0.15) is 6.01 Å². The normalized spacial score (nSPS) is 5.71. The molecule has 0 saturated carbocycles. The summed E-state index contributed by atoms with van der Waals surface area (Å²) >= 11 is 1.21. The van der Waals surface area contributed by atoms with Crippen molar-refractivity contribution in [3.63, 3.8) is 0 Å². The lowest BCUT2D eigenvalue weighted by Crippen LogP contribution is -1.45. The van der Waals surface area contributed by atoms with Gasteiger partial charge in [-0.2, -0.15) is 9.66 Å². The Balaban J connectivity index is 3.47. The topological polar surface area (TPSA) is 48.5 Å². The first kappa shape index (κ1) is 6.22. The highest BCUT2D eigenvalue weighted by molar-refractivity contribution is 7.97. The van der Waals surface area contributed by atoms with Crippen molar-refractivity contribution in [3.8, 4) is 6.19 Å². The first-order valence-electron chi connectivity index (χ1n) is 1.49. The van der Waals surface area contributed by atoms with E-state index in [4.69, 9.17) is 5.26 Å². The van der Waals surface area contributed by atoms with E-state index in [2.05, 4.69) is 15.4 Å². The Kier molecular flexibility index (Phi) is 4.64. The summed E-state index contributed by atoms with van der Waals surface area (Å²) in [6, 6.07) is 2.14. The Morgan fingerprint density at radius 1 is 1.71 bits per heavy atom. The molecular formula is C3H3N3S. The number of hydrogen-bond donors (Lipinski definition) is 0. The summed E-state index contributed by atoms with van der Waals surface area (Å²) in [5.41, 5.74) is 0. The number of nitrogens with zero attached hydrogens (tertiary/aromatic N) is 3. The van der Waals surface area contributed by atoms with E-state index in [-0.39, 0.29) is 0 Å². The van der Waals surface area contributed by atoms with Gasteiger partial charge in [-0.3, -0.25) is 0 Å². The second-order valence-corrected chi connectivity index (χ2v) is 1.13. The molecule has 0 spiro atoms. The van der Waals surface area contributed by atoms with Crippen LogP contribution in [0.2, 0.25) is 0 Å². The average molecular weight is 113 g/mol. The minimum Gasteiger partial charge on any atom is -0.170 e. The van der Waals surface area contributed by atoms with Gasteiger partial charge in [-0.15, -0.1) is 4.99 Å². The number of nitriles is 1. The van der Waals surface area contributed by atoms with Crippen LogP contribution in [0.25, 0.3) is 0 Å². The van der Waals surface area contributed by atoms with Crippen molar-refractivity contribution < 1.29 is 0 Å². The van der Waals surface area contributed by atoms with Gasteiger partial charge >= 0.3 is 0 Å². The molecule has 0 bridgehead atoms. The van der Waals surface area contributed by atoms with Crippen molar-refractivity contribution >= 4 is 18.0 Å². The number of rotatable bonds is 1. The fourth-order valence-corrected chi connectivity index (χ4v) is 0.206. The highest BCUT2D eigenvalue weighted by Crippen LogP contribution is 1.86. The third-order valence-corrected chi connectivity index (χ3v) is 0.496. The van der Waals surface area contributed by atoms with Gasteiger partial charge in [-0.05, 0) is 11.9 Å². The Labute approximate surface area is 45.9 Å². The van der Waals surface area contributed by atoms with E-state index in [0.29, 0.717) is 0 Å². The van der Waals surface area contributed by atoms with Gasteiger partial charge in [0.2, 0.25) is 6.19 Å². The minimum atomic E-state index is 1.21. The molecule has 0 heterocycles. The zero-order valence-electron chi connectivity index (χ0n) is 3.75. The van der Waals surface area contributed by atoms with E-state index in [0.717, 1.165) is 0 Å². The summed E-state index contributed by atoms with van der Waals surface area (Å²) in [6.07, 6.45) is 3.27. The number of aliphatic imine (C=N–C) groups is 1. The lowest BCUT2D eigenvalue weighted by atomic mass is 11.3. The summed E-state index contributed by atoms with van der Waals surface area (Å²) in [5, 5.41) is 7.74. The lowest BCUT2D eigenvalue weighted by Gasteiger charge is -1.61. The van der Waals surface area contributed by atoms with Crippen molar-refractivity contribution in [1.29, 1.82) is 5.26 Å². The molecular weight excluding hydrogens is 110 g/mol. The first-order valence-corrected chi connectivity index (χ1v) is 2.67. The molecule has 4 heteroatoms. The van der Waals surface area contributed by atoms with Crippen LogP contribution in [0.1, 0.15) is 0 Å². The zero-order chi connectivity index (χ0) is 5.54. The Hall–Kier alpha value is -0.780. The van der Waals surface area contributed by atoms with E-state index < -0.39 is 0 Å². The molecule has 0 aliphatic carbocycles. The standard InChI is InChI=1S/C3H3N3S/c1-7-6-3-5-2-4/h1H3. The highest BCUT2D eigenvalue weighted by Gasteiger charge is 1.56. The van der Waals surface area contributed by atoms with Crippen molar-refractivity contribution in [2.24, 2.45) is 9.39 Å². The largest absolute Gasteiger partial charge is 0.216 e. The first-order chi connectivity index (χ1) is 3.41. The van der Waals surface area contributed by atoms with Crippen LogP contribution in [-0.4, -0.2) is 12.3 Å². The lowest BCUT2D eigenvalue weighted by molar-refractivity contribution is 1.45. The monoisotopic (exact) mass is 113 g/mol. The second-order valence-electron chi connectivity index (χ2n) is 0.586. The molecule has 7 heavy (non-hydrogen) atoms.